The molecule has 0 amide bonds. The maximum absolute atomic E-state index is 11.4. The van der Waals surface area contributed by atoms with Crippen LogP contribution >= 0.6 is 15.9 Å². The number of aromatic nitrogens is 1. The molecule has 0 aliphatic heterocycles. The second-order valence-electron chi connectivity index (χ2n) is 3.85. The third kappa shape index (κ3) is 2.36. The summed E-state index contributed by atoms with van der Waals surface area (Å²) < 4.78 is 12.0. The molecule has 5 heteroatoms. The summed E-state index contributed by atoms with van der Waals surface area (Å²) in [5.74, 6) is 0.551. The number of alkyl halides is 1. The van der Waals surface area contributed by atoms with Gasteiger partial charge in [0.15, 0.2) is 0 Å². The van der Waals surface area contributed by atoms with Gasteiger partial charge in [-0.1, -0.05) is 22.0 Å². The van der Waals surface area contributed by atoms with Gasteiger partial charge in [-0.25, -0.2) is 0 Å². The van der Waals surface area contributed by atoms with Crippen LogP contribution in [0, 0.1) is 0 Å². The van der Waals surface area contributed by atoms with Crippen molar-refractivity contribution in [3.05, 3.63) is 30.5 Å². The van der Waals surface area contributed by atoms with Crippen LogP contribution in [0.4, 0.5) is 0 Å². The van der Waals surface area contributed by atoms with Crippen molar-refractivity contribution < 1.29 is 14.3 Å². The first-order valence-corrected chi connectivity index (χ1v) is 6.42. The highest BCUT2D eigenvalue weighted by Gasteiger charge is 2.17. The van der Waals surface area contributed by atoms with Crippen molar-refractivity contribution in [1.82, 2.24) is 4.57 Å². The van der Waals surface area contributed by atoms with Gasteiger partial charge < -0.3 is 14.0 Å². The van der Waals surface area contributed by atoms with Crippen molar-refractivity contribution >= 4 is 32.8 Å². The van der Waals surface area contributed by atoms with Gasteiger partial charge in [-0.15, -0.1) is 0 Å². The van der Waals surface area contributed by atoms with E-state index in [1.165, 1.54) is 7.11 Å². The number of carbonyl (C=O) groups is 1. The molecule has 0 fully saturated rings. The molecule has 0 saturated carbocycles. The number of hydrogen-bond donors (Lipinski definition) is 0. The predicted octanol–water partition coefficient (Wildman–Crippen LogP) is 2.59. The monoisotopic (exact) mass is 311 g/mol. The number of nitrogens with zero attached hydrogens (tertiary/aromatic N) is 1. The fraction of sp³-hybridized carbons (Fsp3) is 0.308. The quantitative estimate of drug-likeness (QED) is 0.643. The third-order valence-corrected chi connectivity index (χ3v) is 3.47. The van der Waals surface area contributed by atoms with Crippen molar-refractivity contribution in [3.63, 3.8) is 0 Å². The minimum atomic E-state index is -0.357. The van der Waals surface area contributed by atoms with E-state index in [1.54, 1.807) is 7.11 Å². The average Bonchev–Trinajstić information content (AvgIpc) is 2.81. The molecule has 18 heavy (non-hydrogen) atoms. The molecule has 2 rings (SSSR count). The van der Waals surface area contributed by atoms with Gasteiger partial charge in [0, 0.05) is 18.1 Å². The van der Waals surface area contributed by atoms with Crippen LogP contribution in [-0.4, -0.2) is 29.6 Å². The smallest absolute Gasteiger partial charge is 0.321 e. The third-order valence-electron chi connectivity index (χ3n) is 2.81. The summed E-state index contributed by atoms with van der Waals surface area (Å²) >= 11 is 3.32. The normalized spacial score (nSPS) is 12.4. The summed E-state index contributed by atoms with van der Waals surface area (Å²) in [6.07, 6.45) is 1.93. The van der Waals surface area contributed by atoms with E-state index in [9.17, 15) is 4.79 Å². The fourth-order valence-electron chi connectivity index (χ4n) is 1.91. The van der Waals surface area contributed by atoms with Gasteiger partial charge in [0.05, 0.1) is 19.7 Å². The molecule has 0 spiro atoms. The van der Waals surface area contributed by atoms with E-state index in [-0.39, 0.29) is 10.8 Å². The van der Waals surface area contributed by atoms with Crippen LogP contribution in [-0.2, 0) is 16.1 Å². The zero-order chi connectivity index (χ0) is 13.1. The lowest BCUT2D eigenvalue weighted by Crippen LogP contribution is -2.21. The van der Waals surface area contributed by atoms with Gasteiger partial charge in [0.25, 0.3) is 0 Å². The molecule has 96 valence electrons. The maximum Gasteiger partial charge on any atom is 0.321 e. The van der Waals surface area contributed by atoms with Crippen molar-refractivity contribution in [2.45, 2.75) is 11.4 Å². The highest BCUT2D eigenvalue weighted by atomic mass is 79.9. The summed E-state index contributed by atoms with van der Waals surface area (Å²) in [4.78, 5) is 11.0. The predicted molar refractivity (Wildman–Crippen MR) is 73.2 cm³/mol. The Hall–Kier alpha value is -1.49. The minimum absolute atomic E-state index is 0.278. The van der Waals surface area contributed by atoms with Crippen LogP contribution in [0.1, 0.15) is 0 Å². The number of methoxy groups -OCH3 is 2. The van der Waals surface area contributed by atoms with Crippen molar-refractivity contribution in [2.75, 3.05) is 14.2 Å². The van der Waals surface area contributed by atoms with Gasteiger partial charge >= 0.3 is 5.97 Å². The number of halogens is 1. The van der Waals surface area contributed by atoms with Crippen LogP contribution in [0.3, 0.4) is 0 Å². The number of benzene rings is 1. The second kappa shape index (κ2) is 5.44. The topological polar surface area (TPSA) is 40.5 Å². The average molecular weight is 312 g/mol. The van der Waals surface area contributed by atoms with E-state index in [0.29, 0.717) is 6.54 Å². The van der Waals surface area contributed by atoms with E-state index >= 15 is 0 Å². The first-order valence-electron chi connectivity index (χ1n) is 5.51. The van der Waals surface area contributed by atoms with Crippen LogP contribution in [0.2, 0.25) is 0 Å². The number of fused-ring (bicyclic) bond motifs is 1. The Balaban J connectivity index is 2.32. The highest BCUT2D eigenvalue weighted by molar-refractivity contribution is 9.10. The molecule has 0 N–H and O–H groups in total. The maximum atomic E-state index is 11.4. The molecule has 1 heterocycles. The van der Waals surface area contributed by atoms with Gasteiger partial charge in [-0.2, -0.15) is 0 Å². The van der Waals surface area contributed by atoms with Crippen LogP contribution < -0.4 is 4.74 Å². The van der Waals surface area contributed by atoms with Crippen molar-refractivity contribution in [1.29, 1.82) is 0 Å². The molecule has 1 aromatic heterocycles. The zero-order valence-corrected chi connectivity index (χ0v) is 11.8. The number of carbonyl (C=O) groups excluding carboxylic acids is 1. The Labute approximate surface area is 114 Å². The Morgan fingerprint density at radius 1 is 1.39 bits per heavy atom. The Morgan fingerprint density at radius 2 is 2.17 bits per heavy atom. The highest BCUT2D eigenvalue weighted by Crippen LogP contribution is 2.26. The van der Waals surface area contributed by atoms with Crippen LogP contribution in [0.5, 0.6) is 5.75 Å². The van der Waals surface area contributed by atoms with Crippen molar-refractivity contribution in [3.8, 4) is 5.75 Å². The van der Waals surface area contributed by atoms with E-state index in [0.717, 1.165) is 16.7 Å². The molecule has 1 aromatic carbocycles. The summed E-state index contributed by atoms with van der Waals surface area (Å²) in [5.41, 5.74) is 1.03. The molecule has 4 nitrogen and oxygen atoms in total. The fourth-order valence-corrected chi connectivity index (χ4v) is 2.41. The SMILES string of the molecule is COC(=O)C(Br)Cn1ccc2c(OC)cccc21. The van der Waals surface area contributed by atoms with Crippen molar-refractivity contribution in [2.24, 2.45) is 0 Å². The summed E-state index contributed by atoms with van der Waals surface area (Å²) in [6, 6.07) is 7.82. The largest absolute Gasteiger partial charge is 0.496 e. The standard InChI is InChI=1S/C13H14BrNO3/c1-17-12-5-3-4-11-9(12)6-7-15(11)8-10(14)13(16)18-2/h3-7,10H,8H2,1-2H3. The van der Waals surface area contributed by atoms with E-state index in [4.69, 9.17) is 9.47 Å². The molecule has 2 aromatic rings. The second-order valence-corrected chi connectivity index (χ2v) is 4.96. The molecular formula is C13H14BrNO3. The molecule has 0 radical (unpaired) electrons. The molecule has 0 saturated heterocycles. The lowest BCUT2D eigenvalue weighted by Gasteiger charge is -2.10. The first kappa shape index (κ1) is 13.0. The summed E-state index contributed by atoms with van der Waals surface area (Å²) in [7, 11) is 3.03. The number of rotatable bonds is 4. The Bertz CT molecular complexity index is 564. The Kier molecular flexibility index (Phi) is 3.91. The lowest BCUT2D eigenvalue weighted by atomic mass is 10.2. The number of ether oxygens (including phenoxy) is 2. The van der Waals surface area contributed by atoms with Gasteiger partial charge in [-0.3, -0.25) is 4.79 Å². The van der Waals surface area contributed by atoms with E-state index < -0.39 is 0 Å². The number of esters is 1. The van der Waals surface area contributed by atoms with Crippen LogP contribution in [0.15, 0.2) is 30.5 Å². The molecule has 0 aliphatic rings. The summed E-state index contributed by atoms with van der Waals surface area (Å²) in [5, 5.41) is 1.03. The molecule has 1 unspecified atom stereocenters. The van der Waals surface area contributed by atoms with Gasteiger partial charge in [0.1, 0.15) is 10.6 Å². The zero-order valence-electron chi connectivity index (χ0n) is 10.2. The lowest BCUT2D eigenvalue weighted by molar-refractivity contribution is -0.140. The van der Waals surface area contributed by atoms with Gasteiger partial charge in [0.2, 0.25) is 0 Å². The number of hydrogen-bond acceptors (Lipinski definition) is 3. The molecule has 0 bridgehead atoms. The molecule has 0 aliphatic carbocycles. The van der Waals surface area contributed by atoms with E-state index in [2.05, 4.69) is 15.9 Å². The minimum Gasteiger partial charge on any atom is -0.496 e. The van der Waals surface area contributed by atoms with E-state index in [1.807, 2.05) is 35.0 Å². The summed E-state index contributed by atoms with van der Waals surface area (Å²) in [6.45, 7) is 0.517. The first-order chi connectivity index (χ1) is 8.67. The molecule has 1 atom stereocenters. The molecular weight excluding hydrogens is 298 g/mol. The van der Waals surface area contributed by atoms with Crippen LogP contribution in [0.25, 0.3) is 10.9 Å². The van der Waals surface area contributed by atoms with Gasteiger partial charge in [-0.05, 0) is 18.2 Å². The Morgan fingerprint density at radius 3 is 2.83 bits per heavy atom.